The Bertz CT molecular complexity index is 1040. The number of aryl methyl sites for hydroxylation is 1. The minimum absolute atomic E-state index is 0.0878. The third-order valence-corrected chi connectivity index (χ3v) is 6.30. The van der Waals surface area contributed by atoms with Crippen molar-refractivity contribution in [2.75, 3.05) is 5.32 Å². The largest absolute Gasteiger partial charge is 0.382 e. The molecule has 30 heavy (non-hydrogen) atoms. The van der Waals surface area contributed by atoms with Crippen molar-refractivity contribution in [3.63, 3.8) is 0 Å². The first kappa shape index (κ1) is 20.4. The topological polar surface area (TPSA) is 94.2 Å². The van der Waals surface area contributed by atoms with Gasteiger partial charge in [-0.15, -0.1) is 0 Å². The number of benzene rings is 1. The zero-order valence-electron chi connectivity index (χ0n) is 17.9. The van der Waals surface area contributed by atoms with Crippen LogP contribution < -0.4 is 11.1 Å². The highest BCUT2D eigenvalue weighted by atomic mass is 16.1. The van der Waals surface area contributed by atoms with Gasteiger partial charge in [-0.1, -0.05) is 13.8 Å². The molecule has 2 aliphatic carbocycles. The molecule has 0 spiro atoms. The first-order valence-electron chi connectivity index (χ1n) is 10.6. The quantitative estimate of drug-likeness (QED) is 0.802. The van der Waals surface area contributed by atoms with Gasteiger partial charge in [0.1, 0.15) is 5.78 Å². The van der Waals surface area contributed by atoms with Gasteiger partial charge in [0.15, 0.2) is 5.78 Å². The van der Waals surface area contributed by atoms with E-state index < -0.39 is 5.91 Å². The van der Waals surface area contributed by atoms with E-state index in [4.69, 9.17) is 5.73 Å². The molecule has 158 valence electrons. The van der Waals surface area contributed by atoms with Gasteiger partial charge in [0.25, 0.3) is 5.91 Å². The predicted octanol–water partition coefficient (Wildman–Crippen LogP) is 3.96. The van der Waals surface area contributed by atoms with Gasteiger partial charge >= 0.3 is 0 Å². The third kappa shape index (κ3) is 3.78. The van der Waals surface area contributed by atoms with E-state index in [1.54, 1.807) is 6.07 Å². The fraction of sp³-hybridized carbons (Fsp3) is 0.458. The van der Waals surface area contributed by atoms with Crippen LogP contribution in [0.2, 0.25) is 0 Å². The fourth-order valence-electron chi connectivity index (χ4n) is 4.82. The molecule has 0 radical (unpaired) electrons. The van der Waals surface area contributed by atoms with E-state index in [1.165, 1.54) is 0 Å². The molecule has 0 saturated heterocycles. The summed E-state index contributed by atoms with van der Waals surface area (Å²) in [5.41, 5.74) is 10.4. The lowest BCUT2D eigenvalue weighted by atomic mass is 9.76. The molecular formula is C24H29N3O3. The molecule has 0 aliphatic heterocycles. The molecule has 1 heterocycles. The number of amides is 1. The second-order valence-corrected chi connectivity index (χ2v) is 9.47. The van der Waals surface area contributed by atoms with Gasteiger partial charge in [-0.25, -0.2) is 0 Å². The van der Waals surface area contributed by atoms with Gasteiger partial charge in [-0.05, 0) is 55.9 Å². The highest BCUT2D eigenvalue weighted by Crippen LogP contribution is 2.38. The average Bonchev–Trinajstić information content (AvgIpc) is 2.98. The van der Waals surface area contributed by atoms with E-state index in [-0.39, 0.29) is 17.2 Å². The van der Waals surface area contributed by atoms with Gasteiger partial charge in [0.05, 0.1) is 5.56 Å². The maximum atomic E-state index is 12.7. The van der Waals surface area contributed by atoms with Crippen LogP contribution in [-0.4, -0.2) is 28.1 Å². The first-order valence-corrected chi connectivity index (χ1v) is 10.6. The highest BCUT2D eigenvalue weighted by Gasteiger charge is 2.34. The molecule has 2 aliphatic rings. The summed E-state index contributed by atoms with van der Waals surface area (Å²) in [6, 6.07) is 7.67. The summed E-state index contributed by atoms with van der Waals surface area (Å²) in [5, 5.41) is 3.44. The van der Waals surface area contributed by atoms with Crippen LogP contribution in [0.4, 0.5) is 5.69 Å². The Labute approximate surface area is 176 Å². The number of hydrogen-bond donors (Lipinski definition) is 2. The number of anilines is 1. The number of carbonyl (C=O) groups excluding carboxylic acids is 3. The summed E-state index contributed by atoms with van der Waals surface area (Å²) in [7, 11) is 0. The monoisotopic (exact) mass is 407 g/mol. The summed E-state index contributed by atoms with van der Waals surface area (Å²) in [5.74, 6) is -0.0145. The molecule has 1 amide bonds. The molecule has 0 bridgehead atoms. The average molecular weight is 408 g/mol. The number of rotatable bonds is 4. The summed E-state index contributed by atoms with van der Waals surface area (Å²) in [6.07, 6.45) is 3.99. The van der Waals surface area contributed by atoms with E-state index in [0.29, 0.717) is 36.3 Å². The smallest absolute Gasteiger partial charge is 0.250 e. The van der Waals surface area contributed by atoms with E-state index in [9.17, 15) is 14.4 Å². The van der Waals surface area contributed by atoms with Crippen LogP contribution in [-0.2, 0) is 11.2 Å². The van der Waals surface area contributed by atoms with Crippen LogP contribution in [0.15, 0.2) is 24.3 Å². The molecule has 1 saturated carbocycles. The fourth-order valence-corrected chi connectivity index (χ4v) is 4.82. The van der Waals surface area contributed by atoms with Gasteiger partial charge < -0.3 is 15.6 Å². The summed E-state index contributed by atoms with van der Waals surface area (Å²) in [4.78, 5) is 36.3. The number of Topliss-reactive ketones (excluding diaryl/α,β-unsaturated/α-hetero) is 2. The van der Waals surface area contributed by atoms with Gasteiger partial charge in [0, 0.05) is 53.6 Å². The maximum absolute atomic E-state index is 12.7. The second kappa shape index (κ2) is 7.42. The molecule has 6 heteroatoms. The second-order valence-electron chi connectivity index (χ2n) is 9.47. The molecular weight excluding hydrogens is 378 g/mol. The Kier molecular flexibility index (Phi) is 5.04. The molecule has 2 aromatic rings. The Morgan fingerprint density at radius 3 is 2.50 bits per heavy atom. The van der Waals surface area contributed by atoms with Crippen molar-refractivity contribution in [2.24, 2.45) is 11.1 Å². The summed E-state index contributed by atoms with van der Waals surface area (Å²) in [6.45, 7) is 6.24. The normalized spacial score (nSPS) is 18.9. The summed E-state index contributed by atoms with van der Waals surface area (Å²) < 4.78 is 2.12. The van der Waals surface area contributed by atoms with Gasteiger partial charge in [0.2, 0.25) is 0 Å². The maximum Gasteiger partial charge on any atom is 0.250 e. The molecule has 0 unspecified atom stereocenters. The van der Waals surface area contributed by atoms with Crippen LogP contribution >= 0.6 is 0 Å². The van der Waals surface area contributed by atoms with Crippen molar-refractivity contribution in [3.05, 3.63) is 46.8 Å². The molecule has 3 N–H and O–H groups in total. The number of hydrogen-bond acceptors (Lipinski definition) is 4. The third-order valence-electron chi connectivity index (χ3n) is 6.30. The number of nitrogens with one attached hydrogen (secondary N) is 1. The highest BCUT2D eigenvalue weighted by molar-refractivity contribution is 6.00. The number of ketones is 2. The Morgan fingerprint density at radius 2 is 1.83 bits per heavy atom. The van der Waals surface area contributed by atoms with E-state index in [0.717, 1.165) is 41.9 Å². The SMILES string of the molecule is Cc1cc2c(n1-c1ccc(C(N)=O)c(NC3CCC(=O)CC3)c1)CC(C)(C)CC2=O. The van der Waals surface area contributed by atoms with Crippen LogP contribution in [0.5, 0.6) is 0 Å². The number of carbonyl (C=O) groups is 3. The lowest BCUT2D eigenvalue weighted by molar-refractivity contribution is -0.120. The summed E-state index contributed by atoms with van der Waals surface area (Å²) >= 11 is 0. The predicted molar refractivity (Wildman–Crippen MR) is 116 cm³/mol. The van der Waals surface area contributed by atoms with Crippen LogP contribution in [0, 0.1) is 12.3 Å². The van der Waals surface area contributed by atoms with Crippen molar-refractivity contribution < 1.29 is 14.4 Å². The molecule has 0 atom stereocenters. The van der Waals surface area contributed by atoms with Gasteiger partial charge in [-0.3, -0.25) is 14.4 Å². The van der Waals surface area contributed by atoms with Crippen LogP contribution in [0.1, 0.15) is 78.1 Å². The Morgan fingerprint density at radius 1 is 1.13 bits per heavy atom. The number of nitrogens with zero attached hydrogens (tertiary/aromatic N) is 1. The molecule has 1 aromatic carbocycles. The van der Waals surface area contributed by atoms with E-state index in [2.05, 4.69) is 23.7 Å². The first-order chi connectivity index (χ1) is 14.1. The molecule has 4 rings (SSSR count). The van der Waals surface area contributed by atoms with Crippen molar-refractivity contribution in [3.8, 4) is 5.69 Å². The van der Waals surface area contributed by atoms with Crippen LogP contribution in [0.3, 0.4) is 0 Å². The molecule has 1 fully saturated rings. The number of nitrogens with two attached hydrogens (primary N) is 1. The standard InChI is InChI=1S/C24H29N3O3/c1-14-10-19-21(12-24(2,3)13-22(19)29)27(14)16-6-9-18(23(25)30)20(11-16)26-15-4-7-17(28)8-5-15/h6,9-11,15,26H,4-5,7-8,12-13H2,1-3H3,(H2,25,30). The number of aromatic nitrogens is 1. The minimum Gasteiger partial charge on any atom is -0.382 e. The Balaban J connectivity index is 1.75. The lowest BCUT2D eigenvalue weighted by Gasteiger charge is -2.30. The molecule has 6 nitrogen and oxygen atoms in total. The number of fused-ring (bicyclic) bond motifs is 1. The van der Waals surface area contributed by atoms with Gasteiger partial charge in [-0.2, -0.15) is 0 Å². The van der Waals surface area contributed by atoms with Crippen molar-refractivity contribution in [1.29, 1.82) is 0 Å². The lowest BCUT2D eigenvalue weighted by Crippen LogP contribution is -2.28. The van der Waals surface area contributed by atoms with E-state index in [1.807, 2.05) is 25.1 Å². The zero-order valence-corrected chi connectivity index (χ0v) is 17.9. The molecule has 1 aromatic heterocycles. The van der Waals surface area contributed by atoms with Crippen molar-refractivity contribution in [1.82, 2.24) is 4.57 Å². The van der Waals surface area contributed by atoms with Crippen molar-refractivity contribution >= 4 is 23.2 Å². The van der Waals surface area contributed by atoms with Crippen LogP contribution in [0.25, 0.3) is 5.69 Å². The Hall–Kier alpha value is -2.89. The number of primary amides is 1. The minimum atomic E-state index is -0.487. The van der Waals surface area contributed by atoms with Crippen molar-refractivity contribution in [2.45, 2.75) is 65.3 Å². The zero-order chi connectivity index (χ0) is 21.6. The van der Waals surface area contributed by atoms with E-state index >= 15 is 0 Å².